The molecule has 3 unspecified atom stereocenters. The third kappa shape index (κ3) is 12.8. The first-order valence-corrected chi connectivity index (χ1v) is 28.7. The maximum Gasteiger partial charge on any atom is 0.309 e. The lowest BCUT2D eigenvalue weighted by atomic mass is 9.62. The number of aliphatic hydroxyl groups is 2. The van der Waals surface area contributed by atoms with Gasteiger partial charge in [-0.3, -0.25) is 19.4 Å². The Morgan fingerprint density at radius 2 is 1.63 bits per heavy atom. The second-order valence-corrected chi connectivity index (χ2v) is 24.7. The number of nitrogens with zero attached hydrogens (tertiary/aromatic N) is 2. The number of nitrogens with one attached hydrogen (secondary N) is 2. The van der Waals surface area contributed by atoms with Crippen molar-refractivity contribution in [3.05, 3.63) is 53.9 Å². The highest BCUT2D eigenvalue weighted by Gasteiger charge is 2.62. The van der Waals surface area contributed by atoms with Crippen molar-refractivity contribution < 1.29 is 66.9 Å². The first-order chi connectivity index (χ1) is 37.2. The van der Waals surface area contributed by atoms with Gasteiger partial charge in [0, 0.05) is 100 Å². The van der Waals surface area contributed by atoms with Gasteiger partial charge in [-0.2, -0.15) is 0 Å². The van der Waals surface area contributed by atoms with Gasteiger partial charge in [0.25, 0.3) is 0 Å². The van der Waals surface area contributed by atoms with Gasteiger partial charge in [0.2, 0.25) is 5.91 Å². The Bertz CT molecular complexity index is 2370. The fourth-order valence-corrected chi connectivity index (χ4v) is 14.3. The van der Waals surface area contributed by atoms with Crippen LogP contribution in [0.3, 0.4) is 0 Å². The number of benzene rings is 1. The third-order valence-electron chi connectivity index (χ3n) is 19.8. The molecule has 1 aromatic carbocycles. The number of rotatable bonds is 16. The summed E-state index contributed by atoms with van der Waals surface area (Å²) in [5, 5.41) is 31.0. The number of aromatic nitrogens is 1. The van der Waals surface area contributed by atoms with E-state index < -0.39 is 126 Å². The van der Waals surface area contributed by atoms with Crippen LogP contribution in [-0.4, -0.2) is 176 Å². The average molecular weight is 1110 g/mol. The lowest BCUT2D eigenvalue weighted by Crippen LogP contribution is -2.65. The predicted octanol–water partition coefficient (Wildman–Crippen LogP) is 6.00. The Kier molecular flexibility index (Phi) is 20.2. The minimum absolute atomic E-state index is 0.0140. The molecule has 0 spiro atoms. The second-order valence-electron chi connectivity index (χ2n) is 24.7. The number of alkyl halides is 1. The highest BCUT2D eigenvalue weighted by atomic mass is 19.1. The number of hydrogen-bond acceptors (Lipinski definition) is 17. The number of amides is 1. The number of ether oxygens (including phenoxy) is 8. The first-order valence-electron chi connectivity index (χ1n) is 28.7. The fourth-order valence-electron chi connectivity index (χ4n) is 14.3. The molecule has 5 saturated heterocycles. The van der Waals surface area contributed by atoms with Gasteiger partial charge in [-0.1, -0.05) is 58.0 Å². The van der Waals surface area contributed by atoms with Crippen LogP contribution in [0.25, 0.3) is 11.1 Å². The third-order valence-corrected chi connectivity index (χ3v) is 19.8. The van der Waals surface area contributed by atoms with Gasteiger partial charge in [0.1, 0.15) is 36.7 Å². The van der Waals surface area contributed by atoms with Crippen molar-refractivity contribution >= 4 is 17.8 Å². The van der Waals surface area contributed by atoms with Crippen LogP contribution in [0.4, 0.5) is 4.39 Å². The number of halogens is 1. The van der Waals surface area contributed by atoms with E-state index in [1.165, 1.54) is 7.11 Å². The summed E-state index contributed by atoms with van der Waals surface area (Å²) >= 11 is 0. The molecule has 19 heteroatoms. The number of nitrogens with two attached hydrogens (primary N) is 1. The van der Waals surface area contributed by atoms with Gasteiger partial charge >= 0.3 is 11.9 Å². The van der Waals surface area contributed by atoms with E-state index in [1.807, 2.05) is 89.9 Å². The van der Waals surface area contributed by atoms with E-state index in [0.717, 1.165) is 16.8 Å². The lowest BCUT2D eigenvalue weighted by Gasteiger charge is -2.54. The van der Waals surface area contributed by atoms with E-state index in [4.69, 9.17) is 43.6 Å². The first kappa shape index (κ1) is 62.9. The van der Waals surface area contributed by atoms with Crippen LogP contribution < -0.4 is 16.4 Å². The summed E-state index contributed by atoms with van der Waals surface area (Å²) < 4.78 is 67.1. The van der Waals surface area contributed by atoms with Crippen LogP contribution in [-0.2, 0) is 52.3 Å². The maximum atomic E-state index is 15.2. The van der Waals surface area contributed by atoms with Gasteiger partial charge in [0.15, 0.2) is 6.29 Å². The number of fused-ring (bicyclic) bond motifs is 5. The van der Waals surface area contributed by atoms with Crippen LogP contribution in [0.15, 0.2) is 42.6 Å². The zero-order valence-corrected chi connectivity index (χ0v) is 49.5. The molecule has 0 saturated carbocycles. The molecule has 6 heterocycles. The van der Waals surface area contributed by atoms with Crippen molar-refractivity contribution in [3.8, 4) is 11.1 Å². The van der Waals surface area contributed by atoms with Crippen LogP contribution in [0.5, 0.6) is 0 Å². The molecular formula is C60H94FN5O13. The Hall–Kier alpha value is -3.73. The number of carbonyl (C=O) groups is 3. The number of carbonyl (C=O) groups excluding carboxylic acids is 3. The van der Waals surface area contributed by atoms with Crippen LogP contribution in [0, 0.1) is 42.4 Å². The number of esters is 2. The fraction of sp³-hybridized carbons (Fsp3) is 0.767. The number of pyridine rings is 1. The van der Waals surface area contributed by atoms with Gasteiger partial charge in [0.05, 0.1) is 54.0 Å². The Morgan fingerprint density at radius 1 is 0.962 bits per heavy atom. The molecule has 1 aromatic heterocycles. The van der Waals surface area contributed by atoms with Crippen molar-refractivity contribution in [2.24, 2.45) is 41.2 Å². The monoisotopic (exact) mass is 1110 g/mol. The molecule has 444 valence electrons. The second kappa shape index (κ2) is 25.4. The zero-order valence-electron chi connectivity index (χ0n) is 49.5. The smallest absolute Gasteiger partial charge is 0.309 e. The minimum Gasteiger partial charge on any atom is -0.458 e. The molecule has 18 nitrogen and oxygen atoms in total. The van der Waals surface area contributed by atoms with Gasteiger partial charge in [-0.15, -0.1) is 0 Å². The highest BCUT2D eigenvalue weighted by Crippen LogP contribution is 2.52. The largest absolute Gasteiger partial charge is 0.458 e. The van der Waals surface area contributed by atoms with E-state index >= 15 is 4.79 Å². The van der Waals surface area contributed by atoms with E-state index in [1.54, 1.807) is 34.3 Å². The molecule has 79 heavy (non-hydrogen) atoms. The van der Waals surface area contributed by atoms with E-state index in [-0.39, 0.29) is 62.0 Å². The summed E-state index contributed by atoms with van der Waals surface area (Å²) in [6, 6.07) is 9.19. The highest BCUT2D eigenvalue weighted by molar-refractivity contribution is 5.77. The molecule has 0 radical (unpaired) electrons. The summed E-state index contributed by atoms with van der Waals surface area (Å²) in [6.45, 7) is 21.0. The summed E-state index contributed by atoms with van der Waals surface area (Å²) in [4.78, 5) is 48.7. The van der Waals surface area contributed by atoms with Crippen LogP contribution in [0.1, 0.15) is 125 Å². The van der Waals surface area contributed by atoms with Crippen LogP contribution >= 0.6 is 0 Å². The van der Waals surface area contributed by atoms with E-state index in [9.17, 15) is 24.2 Å². The number of aliphatic hydroxyl groups excluding tert-OH is 2. The Balaban J connectivity index is 1.20. The Labute approximate surface area is 468 Å². The number of likely N-dealkylation sites (N-methyl/N-ethyl adjacent to an activating group) is 1. The van der Waals surface area contributed by atoms with Gasteiger partial charge in [-0.05, 0) is 104 Å². The van der Waals surface area contributed by atoms with Gasteiger partial charge in [-0.25, -0.2) is 4.39 Å². The summed E-state index contributed by atoms with van der Waals surface area (Å²) in [7, 11) is 6.49. The van der Waals surface area contributed by atoms with Crippen molar-refractivity contribution in [2.45, 2.75) is 210 Å². The summed E-state index contributed by atoms with van der Waals surface area (Å²) in [5.41, 5.74) is 7.01. The van der Waals surface area contributed by atoms with Gasteiger partial charge < -0.3 is 69.4 Å². The molecule has 2 bridgehead atoms. The lowest BCUT2D eigenvalue weighted by molar-refractivity contribution is -0.307. The van der Waals surface area contributed by atoms with E-state index in [2.05, 4.69) is 36.4 Å². The molecular weight excluding hydrogens is 1020 g/mol. The van der Waals surface area contributed by atoms with Crippen molar-refractivity contribution in [3.63, 3.8) is 0 Å². The molecule has 2 aromatic rings. The molecule has 5 aliphatic heterocycles. The van der Waals surface area contributed by atoms with E-state index in [0.29, 0.717) is 24.8 Å². The predicted molar refractivity (Wildman–Crippen MR) is 295 cm³/mol. The number of aryl methyl sites for hydroxylation is 1. The molecule has 5 aliphatic rings. The summed E-state index contributed by atoms with van der Waals surface area (Å²) in [6.07, 6.45) is -4.77. The standard InChI is InChI=1S/C60H94FN5O13/c1-16-46-60(11)41(26-48(68)79-60)36(6)59(10)32(2)27-58(9,74-15)54(50(42(62)31-64-59)49(35(5)55(71)77-46)45-28-57(8,73-14)53(70)37(7)76-45)78-56-51(69)44(25-34(4)75-56)66(12)24-23-47(67)65-43(29-61)52(72-13)39-21-19-38(20-22-39)40-18-17-33(3)63-30-40/h17-22,30,32,34-37,41-46,49-54,56,64,69-70H,16,23-29,31,62H2,1-15H3,(H,65,67)/t32-,34-,35-,36-,37+,41-,42?,43-,44+,45-,46-,49?,50+,51-,52-,53+,54-,56+,57-,58-,59?,60+/m1/s1. The Morgan fingerprint density at radius 3 is 2.24 bits per heavy atom. The average Bonchev–Trinajstić information content (AvgIpc) is 3.94. The quantitative estimate of drug-likeness (QED) is 0.121. The zero-order chi connectivity index (χ0) is 58.1. The molecule has 7 rings (SSSR count). The SMILES string of the molecule is CC[C@H]1OC(=O)[C@H](C)C([C@H]2C[C@@](C)(OC)[C@@H](O)[C@H](C)O2)[C@@H]2C(N)CNC(C)([C@H](C)C[C@@](C)(OC)[C@@H]2O[C@@H]2O[C@H](C)C[C@H](N(C)CCC(=O)N[C@H](CF)[C@H](OC)c3ccc(-c4ccc(C)nc4)cc3)[C@H]2O)[C@H](C)[C@H]2CC(=O)O[C@@]21C. The maximum absolute atomic E-state index is 15.2. The minimum atomic E-state index is -1.27. The summed E-state index contributed by atoms with van der Waals surface area (Å²) in [5.74, 6) is -4.59. The molecule has 1 amide bonds. The molecule has 22 atom stereocenters. The van der Waals surface area contributed by atoms with Crippen molar-refractivity contribution in [1.29, 1.82) is 0 Å². The van der Waals surface area contributed by atoms with Crippen LogP contribution in [0.2, 0.25) is 0 Å². The topological polar surface area (TPSA) is 232 Å². The molecule has 5 fully saturated rings. The molecule has 6 N–H and O–H groups in total. The number of hydrogen-bond donors (Lipinski definition) is 5. The normalized spacial score (nSPS) is 41.1. The number of methoxy groups -OCH3 is 3. The number of cyclic esters (lactones) is 1. The molecule has 0 aliphatic carbocycles. The van der Waals surface area contributed by atoms with Crippen molar-refractivity contribution in [2.75, 3.05) is 48.1 Å². The van der Waals surface area contributed by atoms with Crippen molar-refractivity contribution in [1.82, 2.24) is 20.5 Å².